The molecule has 0 radical (unpaired) electrons. The van der Waals surface area contributed by atoms with Gasteiger partial charge in [0.2, 0.25) is 0 Å². The lowest BCUT2D eigenvalue weighted by atomic mass is 10.1. The summed E-state index contributed by atoms with van der Waals surface area (Å²) < 4.78 is 7.35. The van der Waals surface area contributed by atoms with Gasteiger partial charge in [-0.25, -0.2) is 0 Å². The Bertz CT molecular complexity index is 1300. The number of ether oxygens (including phenoxy) is 1. The number of aromatic nitrogens is 1. The molecular weight excluding hydrogens is 434 g/mol. The third-order valence-corrected chi connectivity index (χ3v) is 6.15. The molecule has 1 saturated heterocycles. The van der Waals surface area contributed by atoms with Gasteiger partial charge in [0.15, 0.2) is 5.11 Å². The van der Waals surface area contributed by atoms with Crippen LogP contribution < -0.4 is 15.0 Å². The molecule has 6 nitrogen and oxygen atoms in total. The molecule has 7 heteroatoms. The number of carbonyl (C=O) groups is 2. The van der Waals surface area contributed by atoms with Gasteiger partial charge in [0.05, 0.1) is 18.5 Å². The standard InChI is InChI=1S/C26H25N3O3S/c1-15-7-6-8-16(2)23(15)28-17(3)13-19(18(28)4)14-22-24(30)27-26(33)29(25(22)31)20-9-11-21(32-5)12-10-20/h6-14H,1-5H3,(H,27,30,33)/b22-14+. The van der Waals surface area contributed by atoms with E-state index in [1.165, 1.54) is 4.90 Å². The van der Waals surface area contributed by atoms with Crippen LogP contribution >= 0.6 is 12.2 Å². The maximum atomic E-state index is 13.4. The molecule has 2 heterocycles. The smallest absolute Gasteiger partial charge is 0.270 e. The molecule has 0 aliphatic carbocycles. The number of thiocarbonyl (C=S) groups is 1. The fourth-order valence-electron chi connectivity index (χ4n) is 4.21. The number of hydrogen-bond acceptors (Lipinski definition) is 4. The third-order valence-electron chi connectivity index (χ3n) is 5.87. The van der Waals surface area contributed by atoms with E-state index < -0.39 is 11.8 Å². The van der Waals surface area contributed by atoms with E-state index in [-0.39, 0.29) is 10.7 Å². The molecule has 1 N–H and O–H groups in total. The largest absolute Gasteiger partial charge is 0.497 e. The molecule has 1 aliphatic heterocycles. The van der Waals surface area contributed by atoms with Gasteiger partial charge in [-0.3, -0.25) is 19.8 Å². The molecular formula is C26H25N3O3S. The maximum Gasteiger partial charge on any atom is 0.270 e. The lowest BCUT2D eigenvalue weighted by Gasteiger charge is -2.29. The van der Waals surface area contributed by atoms with Crippen molar-refractivity contribution in [3.63, 3.8) is 0 Å². The lowest BCUT2D eigenvalue weighted by Crippen LogP contribution is -2.54. The Morgan fingerprint density at radius 1 is 0.970 bits per heavy atom. The molecule has 0 bridgehead atoms. The number of para-hydroxylation sites is 1. The molecule has 2 aromatic carbocycles. The first-order valence-corrected chi connectivity index (χ1v) is 10.9. The van der Waals surface area contributed by atoms with Gasteiger partial charge in [-0.2, -0.15) is 0 Å². The molecule has 2 amide bonds. The molecule has 33 heavy (non-hydrogen) atoms. The summed E-state index contributed by atoms with van der Waals surface area (Å²) >= 11 is 5.30. The normalized spacial score (nSPS) is 15.2. The van der Waals surface area contributed by atoms with Crippen LogP contribution in [-0.4, -0.2) is 28.6 Å². The molecule has 1 aliphatic rings. The van der Waals surface area contributed by atoms with Crippen molar-refractivity contribution < 1.29 is 14.3 Å². The van der Waals surface area contributed by atoms with E-state index in [0.29, 0.717) is 11.4 Å². The lowest BCUT2D eigenvalue weighted by molar-refractivity contribution is -0.122. The second-order valence-corrected chi connectivity index (χ2v) is 8.44. The van der Waals surface area contributed by atoms with Gasteiger partial charge in [-0.15, -0.1) is 0 Å². The first-order valence-electron chi connectivity index (χ1n) is 10.5. The number of aryl methyl sites for hydroxylation is 3. The fourth-order valence-corrected chi connectivity index (χ4v) is 4.50. The summed E-state index contributed by atoms with van der Waals surface area (Å²) in [5, 5.41) is 2.69. The number of carbonyl (C=O) groups excluding carboxylic acids is 2. The van der Waals surface area contributed by atoms with E-state index in [9.17, 15) is 9.59 Å². The highest BCUT2D eigenvalue weighted by Crippen LogP contribution is 2.29. The molecule has 0 saturated carbocycles. The van der Waals surface area contributed by atoms with E-state index >= 15 is 0 Å². The Morgan fingerprint density at radius 3 is 2.21 bits per heavy atom. The van der Waals surface area contributed by atoms with Crippen molar-refractivity contribution in [2.75, 3.05) is 12.0 Å². The molecule has 4 rings (SSSR count). The molecule has 168 valence electrons. The van der Waals surface area contributed by atoms with Crippen molar-refractivity contribution in [1.29, 1.82) is 0 Å². The Hall–Kier alpha value is -3.71. The number of methoxy groups -OCH3 is 1. The van der Waals surface area contributed by atoms with Crippen molar-refractivity contribution >= 4 is 40.9 Å². The van der Waals surface area contributed by atoms with Gasteiger partial charge < -0.3 is 9.30 Å². The highest BCUT2D eigenvalue weighted by atomic mass is 32.1. The fraction of sp³-hybridized carbons (Fsp3) is 0.192. The predicted octanol–water partition coefficient (Wildman–Crippen LogP) is 4.55. The number of benzene rings is 2. The van der Waals surface area contributed by atoms with E-state index in [1.807, 2.05) is 26.0 Å². The van der Waals surface area contributed by atoms with Gasteiger partial charge in [0.1, 0.15) is 11.3 Å². The highest BCUT2D eigenvalue weighted by molar-refractivity contribution is 7.80. The van der Waals surface area contributed by atoms with Crippen LogP contribution in [0.1, 0.15) is 28.1 Å². The summed E-state index contributed by atoms with van der Waals surface area (Å²) in [7, 11) is 1.57. The van der Waals surface area contributed by atoms with E-state index in [4.69, 9.17) is 17.0 Å². The number of nitrogens with zero attached hydrogens (tertiary/aromatic N) is 2. The Balaban J connectivity index is 1.77. The van der Waals surface area contributed by atoms with Crippen LogP contribution in [0.4, 0.5) is 5.69 Å². The van der Waals surface area contributed by atoms with Crippen molar-refractivity contribution in [1.82, 2.24) is 9.88 Å². The number of hydrogen-bond donors (Lipinski definition) is 1. The minimum absolute atomic E-state index is 0.0289. The molecule has 1 aromatic heterocycles. The monoisotopic (exact) mass is 459 g/mol. The number of rotatable bonds is 4. The van der Waals surface area contributed by atoms with Crippen molar-refractivity contribution in [3.05, 3.63) is 82.2 Å². The van der Waals surface area contributed by atoms with Gasteiger partial charge >= 0.3 is 0 Å². The van der Waals surface area contributed by atoms with Crippen molar-refractivity contribution in [2.45, 2.75) is 27.7 Å². The molecule has 1 fully saturated rings. The van der Waals surface area contributed by atoms with Crippen molar-refractivity contribution in [3.8, 4) is 11.4 Å². The van der Waals surface area contributed by atoms with Gasteiger partial charge in [0.25, 0.3) is 11.8 Å². The second-order valence-electron chi connectivity index (χ2n) is 8.06. The zero-order valence-electron chi connectivity index (χ0n) is 19.2. The van der Waals surface area contributed by atoms with Gasteiger partial charge in [0, 0.05) is 11.4 Å². The molecule has 3 aromatic rings. The van der Waals surface area contributed by atoms with Crippen LogP contribution in [0.2, 0.25) is 0 Å². The van der Waals surface area contributed by atoms with Crippen LogP contribution in [0, 0.1) is 27.7 Å². The van der Waals surface area contributed by atoms with Gasteiger partial charge in [-0.05, 0) is 93.0 Å². The zero-order chi connectivity index (χ0) is 23.9. The maximum absolute atomic E-state index is 13.4. The Morgan fingerprint density at radius 2 is 1.61 bits per heavy atom. The van der Waals surface area contributed by atoms with Crippen LogP contribution in [0.25, 0.3) is 11.8 Å². The van der Waals surface area contributed by atoms with Crippen LogP contribution in [0.3, 0.4) is 0 Å². The first kappa shape index (κ1) is 22.5. The summed E-state index contributed by atoms with van der Waals surface area (Å²) in [5.41, 5.74) is 6.76. The minimum atomic E-state index is -0.508. The van der Waals surface area contributed by atoms with E-state index in [1.54, 1.807) is 37.5 Å². The van der Waals surface area contributed by atoms with Crippen LogP contribution in [0.5, 0.6) is 5.75 Å². The molecule has 0 unspecified atom stereocenters. The summed E-state index contributed by atoms with van der Waals surface area (Å²) in [6, 6.07) is 15.1. The van der Waals surface area contributed by atoms with E-state index in [2.05, 4.69) is 35.9 Å². The predicted molar refractivity (Wildman–Crippen MR) is 134 cm³/mol. The SMILES string of the molecule is COc1ccc(N2C(=O)/C(=C/c3cc(C)n(-c4c(C)cccc4C)c3C)C(=O)NC2=S)cc1. The summed E-state index contributed by atoms with van der Waals surface area (Å²) in [6.45, 7) is 8.15. The van der Waals surface area contributed by atoms with Crippen LogP contribution in [0.15, 0.2) is 54.1 Å². The highest BCUT2D eigenvalue weighted by Gasteiger charge is 2.34. The summed E-state index contributed by atoms with van der Waals surface area (Å²) in [5.74, 6) is -0.315. The average molecular weight is 460 g/mol. The first-order chi connectivity index (χ1) is 15.7. The topological polar surface area (TPSA) is 63.6 Å². The number of anilines is 1. The second kappa shape index (κ2) is 8.67. The minimum Gasteiger partial charge on any atom is -0.497 e. The summed E-state index contributed by atoms with van der Waals surface area (Å²) in [4.78, 5) is 27.4. The Labute approximate surface area is 198 Å². The van der Waals surface area contributed by atoms with Crippen molar-refractivity contribution in [2.24, 2.45) is 0 Å². The third kappa shape index (κ3) is 3.96. The zero-order valence-corrected chi connectivity index (χ0v) is 20.0. The quantitative estimate of drug-likeness (QED) is 0.353. The Kier molecular flexibility index (Phi) is 5.91. The van der Waals surface area contributed by atoms with Gasteiger partial charge in [-0.1, -0.05) is 18.2 Å². The van der Waals surface area contributed by atoms with Crippen LogP contribution in [-0.2, 0) is 9.59 Å². The average Bonchev–Trinajstić information content (AvgIpc) is 3.04. The number of nitrogens with one attached hydrogen (secondary N) is 1. The number of amides is 2. The molecule has 0 spiro atoms. The van der Waals surface area contributed by atoms with E-state index in [0.717, 1.165) is 33.8 Å². The molecule has 0 atom stereocenters. The summed E-state index contributed by atoms with van der Waals surface area (Å²) in [6.07, 6.45) is 1.64.